The minimum absolute atomic E-state index is 0.271. The lowest BCUT2D eigenvalue weighted by Crippen LogP contribution is -2.12. The van der Waals surface area contributed by atoms with Gasteiger partial charge in [-0.2, -0.15) is 0 Å². The number of hydrogen-bond acceptors (Lipinski definition) is 2. The molecule has 19 heavy (non-hydrogen) atoms. The maximum Gasteiger partial charge on any atom is 0.166 e. The number of methoxy groups -OCH3 is 1. The Morgan fingerprint density at radius 3 is 2.32 bits per heavy atom. The summed E-state index contributed by atoms with van der Waals surface area (Å²) in [7, 11) is 1.68. The molecule has 0 amide bonds. The molecular formula is C17H26OS. The van der Waals surface area contributed by atoms with Crippen LogP contribution in [-0.4, -0.2) is 12.2 Å². The van der Waals surface area contributed by atoms with E-state index in [9.17, 15) is 0 Å². The van der Waals surface area contributed by atoms with Crippen LogP contribution in [-0.2, 0) is 4.74 Å². The molecule has 0 aliphatic heterocycles. The molecule has 0 radical (unpaired) electrons. The Labute approximate surface area is 123 Å². The lowest BCUT2D eigenvalue weighted by Gasteiger charge is -2.17. The van der Waals surface area contributed by atoms with E-state index in [1.54, 1.807) is 7.11 Å². The minimum atomic E-state index is 0.271. The summed E-state index contributed by atoms with van der Waals surface area (Å²) in [5, 5.41) is 0.722. The van der Waals surface area contributed by atoms with Gasteiger partial charge in [-0.15, -0.1) is 0 Å². The van der Waals surface area contributed by atoms with Crippen LogP contribution in [0.4, 0.5) is 0 Å². The number of ether oxygens (including phenoxy) is 1. The molecule has 2 heteroatoms. The Morgan fingerprint density at radius 1 is 1.05 bits per heavy atom. The minimum Gasteiger partial charge on any atom is -0.490 e. The standard InChI is InChI=1S/C17H26OS/c1-3-4-5-6-7-11-14-16(17(19)18-2)15-12-9-8-10-13-15/h8-10,12-13,16H,3-7,11,14H2,1-2H3. The van der Waals surface area contributed by atoms with Crippen LogP contribution in [0, 0.1) is 0 Å². The van der Waals surface area contributed by atoms with Crippen molar-refractivity contribution in [3.63, 3.8) is 0 Å². The summed E-state index contributed by atoms with van der Waals surface area (Å²) in [5.74, 6) is 0.271. The van der Waals surface area contributed by atoms with Gasteiger partial charge in [-0.1, -0.05) is 75.8 Å². The van der Waals surface area contributed by atoms with Crippen molar-refractivity contribution < 1.29 is 4.74 Å². The first-order chi connectivity index (χ1) is 9.29. The smallest absolute Gasteiger partial charge is 0.166 e. The molecule has 1 rings (SSSR count). The van der Waals surface area contributed by atoms with Crippen LogP contribution < -0.4 is 0 Å². The fourth-order valence-corrected chi connectivity index (χ4v) is 2.63. The molecule has 1 nitrogen and oxygen atoms in total. The third-order valence-electron chi connectivity index (χ3n) is 3.53. The van der Waals surface area contributed by atoms with Crippen LogP contribution in [0.2, 0.25) is 0 Å². The van der Waals surface area contributed by atoms with E-state index in [1.807, 2.05) is 6.07 Å². The van der Waals surface area contributed by atoms with E-state index in [0.717, 1.165) is 11.5 Å². The normalized spacial score (nSPS) is 12.1. The highest BCUT2D eigenvalue weighted by Gasteiger charge is 2.16. The SMILES string of the molecule is CCCCCCCCC(C(=S)OC)c1ccccc1. The van der Waals surface area contributed by atoms with Gasteiger partial charge in [0, 0.05) is 0 Å². The topological polar surface area (TPSA) is 9.23 Å². The highest BCUT2D eigenvalue weighted by molar-refractivity contribution is 7.80. The second-order valence-electron chi connectivity index (χ2n) is 5.04. The largest absolute Gasteiger partial charge is 0.490 e. The molecule has 1 atom stereocenters. The molecular weight excluding hydrogens is 252 g/mol. The fraction of sp³-hybridized carbons (Fsp3) is 0.588. The van der Waals surface area contributed by atoms with Gasteiger partial charge in [0.2, 0.25) is 0 Å². The number of benzene rings is 1. The van der Waals surface area contributed by atoms with Crippen molar-refractivity contribution in [3.8, 4) is 0 Å². The monoisotopic (exact) mass is 278 g/mol. The molecule has 0 aliphatic rings. The summed E-state index contributed by atoms with van der Waals surface area (Å²) < 4.78 is 5.29. The molecule has 0 saturated carbocycles. The molecule has 106 valence electrons. The average molecular weight is 278 g/mol. The number of thiocarbonyl (C=S) groups is 1. The Balaban J connectivity index is 2.41. The van der Waals surface area contributed by atoms with Gasteiger partial charge in [0.15, 0.2) is 5.05 Å². The van der Waals surface area contributed by atoms with Crippen molar-refractivity contribution in [2.24, 2.45) is 0 Å². The van der Waals surface area contributed by atoms with E-state index in [2.05, 4.69) is 31.2 Å². The molecule has 0 bridgehead atoms. The van der Waals surface area contributed by atoms with E-state index >= 15 is 0 Å². The maximum absolute atomic E-state index is 5.36. The summed E-state index contributed by atoms with van der Waals surface area (Å²) in [6.07, 6.45) is 9.00. The van der Waals surface area contributed by atoms with Crippen LogP contribution >= 0.6 is 12.2 Å². The number of rotatable bonds is 9. The first kappa shape index (κ1) is 16.2. The van der Waals surface area contributed by atoms with E-state index < -0.39 is 0 Å². The van der Waals surface area contributed by atoms with Gasteiger partial charge in [0.1, 0.15) is 0 Å². The molecule has 0 aromatic heterocycles. The number of unbranched alkanes of at least 4 members (excludes halogenated alkanes) is 5. The second-order valence-corrected chi connectivity index (χ2v) is 5.45. The van der Waals surface area contributed by atoms with Crippen LogP contribution in [0.1, 0.15) is 63.4 Å². The first-order valence-corrected chi connectivity index (χ1v) is 7.83. The predicted molar refractivity (Wildman–Crippen MR) is 86.8 cm³/mol. The van der Waals surface area contributed by atoms with Gasteiger partial charge in [-0.25, -0.2) is 0 Å². The predicted octanol–water partition coefficient (Wildman–Crippen LogP) is 5.49. The summed E-state index contributed by atoms with van der Waals surface area (Å²) in [5.41, 5.74) is 1.28. The highest BCUT2D eigenvalue weighted by atomic mass is 32.1. The zero-order chi connectivity index (χ0) is 13.9. The van der Waals surface area contributed by atoms with Crippen molar-refractivity contribution in [2.45, 2.75) is 57.8 Å². The zero-order valence-electron chi connectivity index (χ0n) is 12.2. The van der Waals surface area contributed by atoms with E-state index in [0.29, 0.717) is 0 Å². The van der Waals surface area contributed by atoms with Gasteiger partial charge in [-0.3, -0.25) is 0 Å². The molecule has 0 N–H and O–H groups in total. The lowest BCUT2D eigenvalue weighted by molar-refractivity contribution is 0.388. The van der Waals surface area contributed by atoms with Gasteiger partial charge in [-0.05, 0) is 24.2 Å². The second kappa shape index (κ2) is 9.96. The highest BCUT2D eigenvalue weighted by Crippen LogP contribution is 2.25. The average Bonchev–Trinajstić information content (AvgIpc) is 2.47. The Morgan fingerprint density at radius 2 is 1.68 bits per heavy atom. The summed E-state index contributed by atoms with van der Waals surface area (Å²) >= 11 is 5.36. The van der Waals surface area contributed by atoms with Gasteiger partial charge >= 0.3 is 0 Å². The molecule has 0 saturated heterocycles. The molecule has 1 aromatic rings. The van der Waals surface area contributed by atoms with E-state index in [4.69, 9.17) is 17.0 Å². The molecule has 0 aliphatic carbocycles. The molecule has 0 heterocycles. The Kier molecular flexibility index (Phi) is 8.48. The van der Waals surface area contributed by atoms with Gasteiger partial charge in [0.05, 0.1) is 13.0 Å². The lowest BCUT2D eigenvalue weighted by atomic mass is 9.93. The molecule has 1 unspecified atom stereocenters. The first-order valence-electron chi connectivity index (χ1n) is 7.42. The summed E-state index contributed by atoms with van der Waals surface area (Å²) in [6.45, 7) is 2.25. The van der Waals surface area contributed by atoms with Crippen molar-refractivity contribution in [1.29, 1.82) is 0 Å². The Bertz CT molecular complexity index is 348. The van der Waals surface area contributed by atoms with Crippen molar-refractivity contribution in [1.82, 2.24) is 0 Å². The fourth-order valence-electron chi connectivity index (χ4n) is 2.38. The third kappa shape index (κ3) is 6.20. The van der Waals surface area contributed by atoms with E-state index in [1.165, 1.54) is 44.1 Å². The van der Waals surface area contributed by atoms with Crippen molar-refractivity contribution >= 4 is 17.3 Å². The van der Waals surface area contributed by atoms with Crippen molar-refractivity contribution in [2.75, 3.05) is 7.11 Å². The molecule has 0 fully saturated rings. The van der Waals surface area contributed by atoms with Crippen LogP contribution in [0.15, 0.2) is 30.3 Å². The van der Waals surface area contributed by atoms with Gasteiger partial charge in [0.25, 0.3) is 0 Å². The molecule has 0 spiro atoms. The third-order valence-corrected chi connectivity index (χ3v) is 3.99. The zero-order valence-corrected chi connectivity index (χ0v) is 13.0. The van der Waals surface area contributed by atoms with Crippen LogP contribution in [0.25, 0.3) is 0 Å². The van der Waals surface area contributed by atoms with E-state index in [-0.39, 0.29) is 5.92 Å². The summed E-state index contributed by atoms with van der Waals surface area (Å²) in [4.78, 5) is 0. The maximum atomic E-state index is 5.36. The quantitative estimate of drug-likeness (QED) is 0.436. The number of hydrogen-bond donors (Lipinski definition) is 0. The molecule has 1 aromatic carbocycles. The van der Waals surface area contributed by atoms with Crippen molar-refractivity contribution in [3.05, 3.63) is 35.9 Å². The van der Waals surface area contributed by atoms with Gasteiger partial charge < -0.3 is 4.74 Å². The Hall–Kier alpha value is -0.890. The summed E-state index contributed by atoms with van der Waals surface area (Å²) in [6, 6.07) is 10.5. The van der Waals surface area contributed by atoms with Crippen LogP contribution in [0.5, 0.6) is 0 Å². The van der Waals surface area contributed by atoms with Crippen LogP contribution in [0.3, 0.4) is 0 Å².